The highest BCUT2D eigenvalue weighted by molar-refractivity contribution is 5.85. The summed E-state index contributed by atoms with van der Waals surface area (Å²) in [5, 5.41) is 0. The second-order valence-corrected chi connectivity index (χ2v) is 5.95. The lowest BCUT2D eigenvalue weighted by Crippen LogP contribution is -2.21. The average Bonchev–Trinajstić information content (AvgIpc) is 2.77. The molecule has 3 atom stereocenters. The predicted molar refractivity (Wildman–Crippen MR) is 89.1 cm³/mol. The molecule has 0 aromatic rings. The molecule has 3 fully saturated rings. The standard InChI is InChI=1S/2C5H8O.C5H8.3CH4/c1-5-3-2-4(5)6-5;1-4-2-3-5(4)6;1-5-3-2-4-5;;;/h2*4H,2-3H2,1H3;3H,2,4H2,1H3;3*1H4. The summed E-state index contributed by atoms with van der Waals surface area (Å²) in [6, 6.07) is 0. The van der Waals surface area contributed by atoms with Crippen LogP contribution in [0.1, 0.15) is 81.6 Å². The van der Waals surface area contributed by atoms with Crippen LogP contribution in [0, 0.1) is 5.92 Å². The highest BCUT2D eigenvalue weighted by Gasteiger charge is 2.59. The minimum atomic E-state index is 0. The molecule has 0 radical (unpaired) electrons. The number of ether oxygens (including phenoxy) is 1. The number of carbonyl (C=O) groups excluding carboxylic acids is 1. The van der Waals surface area contributed by atoms with E-state index in [0.717, 1.165) is 12.8 Å². The van der Waals surface area contributed by atoms with Gasteiger partial charge in [0.25, 0.3) is 0 Å². The van der Waals surface area contributed by atoms with Crippen LogP contribution in [0.2, 0.25) is 0 Å². The van der Waals surface area contributed by atoms with Gasteiger partial charge in [0.15, 0.2) is 0 Å². The Balaban J connectivity index is 0. The Hall–Kier alpha value is -0.630. The largest absolute Gasteiger partial charge is 0.366 e. The van der Waals surface area contributed by atoms with Gasteiger partial charge in [0, 0.05) is 12.3 Å². The number of Topliss-reactive ketones (excluding diaryl/α,β-unsaturated/α-hetero) is 1. The van der Waals surface area contributed by atoms with Gasteiger partial charge < -0.3 is 4.74 Å². The first kappa shape index (κ1) is 21.7. The van der Waals surface area contributed by atoms with Gasteiger partial charge in [-0.2, -0.15) is 0 Å². The highest BCUT2D eigenvalue weighted by atomic mass is 16.6. The Kier molecular flexibility index (Phi) is 9.33. The van der Waals surface area contributed by atoms with Crippen molar-refractivity contribution in [2.24, 2.45) is 5.92 Å². The lowest BCUT2D eigenvalue weighted by Gasteiger charge is -2.17. The maximum absolute atomic E-state index is 10.2. The molecule has 0 bridgehead atoms. The number of hydrogen-bond acceptors (Lipinski definition) is 2. The zero-order chi connectivity index (χ0) is 12.5. The van der Waals surface area contributed by atoms with Crippen molar-refractivity contribution in [1.82, 2.24) is 0 Å². The predicted octanol–water partition coefficient (Wildman–Crippen LogP) is 5.56. The van der Waals surface area contributed by atoms with E-state index < -0.39 is 0 Å². The number of carbonyl (C=O) groups is 1. The third-order valence-electron chi connectivity index (χ3n) is 4.34. The minimum absolute atomic E-state index is 0. The highest BCUT2D eigenvalue weighted by Crippen LogP contribution is 2.52. The molecule has 0 amide bonds. The summed E-state index contributed by atoms with van der Waals surface area (Å²) in [7, 11) is 0. The molecule has 4 rings (SSSR count). The molecule has 2 heteroatoms. The van der Waals surface area contributed by atoms with Gasteiger partial charge in [-0.15, -0.1) is 0 Å². The molecule has 0 aromatic heterocycles. The van der Waals surface area contributed by atoms with E-state index in [1.165, 1.54) is 25.7 Å². The molecule has 20 heavy (non-hydrogen) atoms. The molecule has 3 aliphatic carbocycles. The Bertz CT molecular complexity index is 328. The van der Waals surface area contributed by atoms with E-state index >= 15 is 0 Å². The van der Waals surface area contributed by atoms with Gasteiger partial charge in [-0.3, -0.25) is 4.79 Å². The van der Waals surface area contributed by atoms with Gasteiger partial charge in [0.2, 0.25) is 0 Å². The molecule has 3 unspecified atom stereocenters. The Morgan fingerprint density at radius 1 is 1.20 bits per heavy atom. The molecule has 1 aliphatic heterocycles. The first-order chi connectivity index (χ1) is 8.01. The van der Waals surface area contributed by atoms with Crippen molar-refractivity contribution in [3.05, 3.63) is 11.6 Å². The van der Waals surface area contributed by atoms with Crippen molar-refractivity contribution in [3.8, 4) is 0 Å². The maximum Gasteiger partial charge on any atom is 0.135 e. The van der Waals surface area contributed by atoms with Crippen LogP contribution in [0.15, 0.2) is 11.6 Å². The first-order valence-corrected chi connectivity index (χ1v) is 6.87. The maximum atomic E-state index is 10.2. The van der Waals surface area contributed by atoms with E-state index in [0.29, 0.717) is 23.4 Å². The number of ketones is 1. The molecular formula is C18H36O2. The van der Waals surface area contributed by atoms with Gasteiger partial charge >= 0.3 is 0 Å². The smallest absolute Gasteiger partial charge is 0.135 e. The second-order valence-electron chi connectivity index (χ2n) is 5.95. The van der Waals surface area contributed by atoms with Crippen molar-refractivity contribution in [1.29, 1.82) is 0 Å². The van der Waals surface area contributed by atoms with Gasteiger partial charge in [-0.25, -0.2) is 0 Å². The monoisotopic (exact) mass is 284 g/mol. The van der Waals surface area contributed by atoms with E-state index in [-0.39, 0.29) is 22.3 Å². The van der Waals surface area contributed by atoms with Crippen LogP contribution in [-0.4, -0.2) is 17.5 Å². The number of allylic oxidation sites excluding steroid dienone is 2. The lowest BCUT2D eigenvalue weighted by molar-refractivity contribution is -0.128. The van der Waals surface area contributed by atoms with Gasteiger partial charge in [0.05, 0.1) is 11.7 Å². The lowest BCUT2D eigenvalue weighted by atomic mass is 9.86. The second kappa shape index (κ2) is 8.61. The molecule has 2 saturated carbocycles. The average molecular weight is 284 g/mol. The molecule has 120 valence electrons. The van der Waals surface area contributed by atoms with Crippen LogP contribution >= 0.6 is 0 Å². The summed E-state index contributed by atoms with van der Waals surface area (Å²) in [6.07, 6.45) is 10.2. The normalized spacial score (nSPS) is 33.8. The van der Waals surface area contributed by atoms with E-state index in [2.05, 4.69) is 19.9 Å². The van der Waals surface area contributed by atoms with Crippen LogP contribution < -0.4 is 0 Å². The summed E-state index contributed by atoms with van der Waals surface area (Å²) in [4.78, 5) is 10.2. The van der Waals surface area contributed by atoms with Crippen LogP contribution in [0.3, 0.4) is 0 Å². The summed E-state index contributed by atoms with van der Waals surface area (Å²) < 4.78 is 5.22. The van der Waals surface area contributed by atoms with Crippen molar-refractivity contribution in [2.45, 2.75) is 93.3 Å². The molecular weight excluding hydrogens is 248 g/mol. The van der Waals surface area contributed by atoms with E-state index in [9.17, 15) is 4.79 Å². The van der Waals surface area contributed by atoms with Gasteiger partial charge in [-0.1, -0.05) is 40.9 Å². The quantitative estimate of drug-likeness (QED) is 0.430. The van der Waals surface area contributed by atoms with Crippen molar-refractivity contribution >= 4 is 5.78 Å². The first-order valence-electron chi connectivity index (χ1n) is 6.87. The van der Waals surface area contributed by atoms with Crippen LogP contribution in [0.4, 0.5) is 0 Å². The Morgan fingerprint density at radius 3 is 1.65 bits per heavy atom. The third kappa shape index (κ3) is 5.40. The molecule has 1 heterocycles. The number of hydrogen-bond donors (Lipinski definition) is 0. The topological polar surface area (TPSA) is 29.6 Å². The summed E-state index contributed by atoms with van der Waals surface area (Å²) in [5.74, 6) is 0.833. The van der Waals surface area contributed by atoms with E-state index in [1.807, 2.05) is 6.92 Å². The fourth-order valence-corrected chi connectivity index (χ4v) is 2.06. The number of rotatable bonds is 0. The fraction of sp³-hybridized carbons (Fsp3) is 0.833. The fourth-order valence-electron chi connectivity index (χ4n) is 2.06. The van der Waals surface area contributed by atoms with Crippen LogP contribution in [0.25, 0.3) is 0 Å². The zero-order valence-corrected chi connectivity index (χ0v) is 11.3. The number of fused-ring (bicyclic) bond motifs is 1. The van der Waals surface area contributed by atoms with Crippen LogP contribution in [-0.2, 0) is 9.53 Å². The van der Waals surface area contributed by atoms with E-state index in [1.54, 1.807) is 5.57 Å². The third-order valence-corrected chi connectivity index (χ3v) is 4.34. The van der Waals surface area contributed by atoms with Gasteiger partial charge in [0.1, 0.15) is 5.78 Å². The van der Waals surface area contributed by atoms with E-state index in [4.69, 9.17) is 4.74 Å². The zero-order valence-electron chi connectivity index (χ0n) is 11.3. The summed E-state index contributed by atoms with van der Waals surface area (Å²) >= 11 is 0. The van der Waals surface area contributed by atoms with Crippen molar-refractivity contribution in [2.75, 3.05) is 0 Å². The molecule has 0 spiro atoms. The summed E-state index contributed by atoms with van der Waals surface area (Å²) in [5.41, 5.74) is 1.95. The Morgan fingerprint density at radius 2 is 1.65 bits per heavy atom. The molecule has 0 aromatic carbocycles. The molecule has 2 nitrogen and oxygen atoms in total. The SMILES string of the molecule is C.C.C.CC12CCC1O2.CC1=CCC1.CC1CCC1=O. The molecule has 4 aliphatic rings. The number of epoxide rings is 1. The minimum Gasteiger partial charge on any atom is -0.366 e. The van der Waals surface area contributed by atoms with Crippen molar-refractivity contribution in [3.63, 3.8) is 0 Å². The molecule has 0 N–H and O–H groups in total. The Labute approximate surface area is 127 Å². The van der Waals surface area contributed by atoms with Crippen LogP contribution in [0.5, 0.6) is 0 Å². The van der Waals surface area contributed by atoms with Gasteiger partial charge in [-0.05, 0) is 46.0 Å². The summed E-state index contributed by atoms with van der Waals surface area (Å²) in [6.45, 7) is 6.33. The van der Waals surface area contributed by atoms with Crippen molar-refractivity contribution < 1.29 is 9.53 Å². The molecule has 1 saturated heterocycles.